The van der Waals surface area contributed by atoms with Crippen LogP contribution in [0.5, 0.6) is 0 Å². The standard InChI is InChI=1S/C22H19BrClFN6O/c23-17-13-29-31-20(11-19(30-21(17)31)16-6-1-2-7-18(16)24)26-8-9-27-22(32)28-12-14-4-3-5-15(25)10-14/h1-7,10-11,13,26H,8-9,12H2,(H2,27,28,32). The van der Waals surface area contributed by atoms with Gasteiger partial charge >= 0.3 is 6.03 Å². The number of carbonyl (C=O) groups is 1. The van der Waals surface area contributed by atoms with Crippen molar-refractivity contribution < 1.29 is 9.18 Å². The molecule has 32 heavy (non-hydrogen) atoms. The number of benzene rings is 2. The van der Waals surface area contributed by atoms with Crippen molar-refractivity contribution >= 4 is 45.0 Å². The van der Waals surface area contributed by atoms with E-state index in [4.69, 9.17) is 11.6 Å². The molecule has 0 aliphatic rings. The van der Waals surface area contributed by atoms with Gasteiger partial charge in [0, 0.05) is 36.3 Å². The molecule has 0 fully saturated rings. The van der Waals surface area contributed by atoms with Crippen LogP contribution in [0, 0.1) is 5.82 Å². The molecule has 10 heteroatoms. The van der Waals surface area contributed by atoms with E-state index in [0.717, 1.165) is 10.0 Å². The summed E-state index contributed by atoms with van der Waals surface area (Å²) < 4.78 is 15.6. The summed E-state index contributed by atoms with van der Waals surface area (Å²) in [6.07, 6.45) is 1.67. The van der Waals surface area contributed by atoms with Crippen molar-refractivity contribution in [3.8, 4) is 11.3 Å². The minimum Gasteiger partial charge on any atom is -0.368 e. The lowest BCUT2D eigenvalue weighted by atomic mass is 10.1. The maximum atomic E-state index is 13.2. The summed E-state index contributed by atoms with van der Waals surface area (Å²) in [5, 5.41) is 13.7. The normalized spacial score (nSPS) is 10.8. The number of rotatable bonds is 7. The number of hydrogen-bond donors (Lipinski definition) is 3. The highest BCUT2D eigenvalue weighted by molar-refractivity contribution is 9.10. The van der Waals surface area contributed by atoms with E-state index in [1.54, 1.807) is 22.8 Å². The predicted octanol–water partition coefficient (Wildman–Crippen LogP) is 4.86. The summed E-state index contributed by atoms with van der Waals surface area (Å²) in [6.45, 7) is 1.05. The lowest BCUT2D eigenvalue weighted by molar-refractivity contribution is 0.241. The fourth-order valence-electron chi connectivity index (χ4n) is 3.13. The first-order chi connectivity index (χ1) is 15.5. The first kappa shape index (κ1) is 22.0. The van der Waals surface area contributed by atoms with Gasteiger partial charge in [0.05, 0.1) is 16.4 Å². The molecular weight excluding hydrogens is 499 g/mol. The highest BCUT2D eigenvalue weighted by atomic mass is 79.9. The van der Waals surface area contributed by atoms with Gasteiger partial charge in [-0.3, -0.25) is 0 Å². The molecular formula is C22H19BrClFN6O. The fraction of sp³-hybridized carbons (Fsp3) is 0.136. The largest absolute Gasteiger partial charge is 0.368 e. The second kappa shape index (κ2) is 9.97. The van der Waals surface area contributed by atoms with E-state index in [-0.39, 0.29) is 18.4 Å². The second-order valence-electron chi connectivity index (χ2n) is 6.90. The van der Waals surface area contributed by atoms with Crippen LogP contribution in [0.1, 0.15) is 5.56 Å². The Morgan fingerprint density at radius 1 is 1.09 bits per heavy atom. The molecule has 3 N–H and O–H groups in total. The highest BCUT2D eigenvalue weighted by Crippen LogP contribution is 2.30. The molecule has 0 saturated heterocycles. The average Bonchev–Trinajstić information content (AvgIpc) is 3.16. The van der Waals surface area contributed by atoms with Crippen LogP contribution in [-0.4, -0.2) is 33.7 Å². The van der Waals surface area contributed by atoms with Crippen LogP contribution in [0.15, 0.2) is 65.3 Å². The van der Waals surface area contributed by atoms with Gasteiger partial charge in [-0.1, -0.05) is 41.9 Å². The van der Waals surface area contributed by atoms with Gasteiger partial charge in [-0.05, 0) is 39.7 Å². The summed E-state index contributed by atoms with van der Waals surface area (Å²) in [5.74, 6) is 0.372. The van der Waals surface area contributed by atoms with Gasteiger partial charge in [-0.15, -0.1) is 0 Å². The van der Waals surface area contributed by atoms with Crippen LogP contribution >= 0.6 is 27.5 Å². The smallest absolute Gasteiger partial charge is 0.315 e. The van der Waals surface area contributed by atoms with Crippen molar-refractivity contribution in [3.05, 3.63) is 81.7 Å². The molecule has 7 nitrogen and oxygen atoms in total. The van der Waals surface area contributed by atoms with Gasteiger partial charge in [0.25, 0.3) is 0 Å². The quantitative estimate of drug-likeness (QED) is 0.306. The number of fused-ring (bicyclic) bond motifs is 1. The number of anilines is 1. The molecule has 2 aromatic carbocycles. The van der Waals surface area contributed by atoms with Crippen molar-refractivity contribution in [1.29, 1.82) is 0 Å². The monoisotopic (exact) mass is 516 g/mol. The number of nitrogens with one attached hydrogen (secondary N) is 3. The number of aromatic nitrogens is 3. The third kappa shape index (κ3) is 5.17. The minimum absolute atomic E-state index is 0.241. The van der Waals surface area contributed by atoms with E-state index in [1.807, 2.05) is 30.3 Å². The molecule has 4 rings (SSSR count). The zero-order valence-corrected chi connectivity index (χ0v) is 19.1. The van der Waals surface area contributed by atoms with Crippen LogP contribution in [0.2, 0.25) is 5.02 Å². The molecule has 0 aliphatic carbocycles. The third-order valence-corrected chi connectivity index (χ3v) is 5.53. The van der Waals surface area contributed by atoms with Crippen molar-refractivity contribution in [2.24, 2.45) is 0 Å². The fourth-order valence-corrected chi connectivity index (χ4v) is 3.71. The maximum Gasteiger partial charge on any atom is 0.315 e. The van der Waals surface area contributed by atoms with Crippen molar-refractivity contribution in [2.75, 3.05) is 18.4 Å². The van der Waals surface area contributed by atoms with Crippen LogP contribution in [0.3, 0.4) is 0 Å². The molecule has 164 valence electrons. The topological polar surface area (TPSA) is 83.3 Å². The Hall–Kier alpha value is -3.17. The minimum atomic E-state index is -0.338. The molecule has 0 bridgehead atoms. The zero-order valence-electron chi connectivity index (χ0n) is 16.8. The SMILES string of the molecule is O=C(NCCNc1cc(-c2ccccc2Cl)nc2c(Br)cnn12)NCc1cccc(F)c1. The van der Waals surface area contributed by atoms with Gasteiger partial charge in [0.15, 0.2) is 5.65 Å². The molecule has 2 amide bonds. The summed E-state index contributed by atoms with van der Waals surface area (Å²) >= 11 is 9.82. The number of halogens is 3. The van der Waals surface area contributed by atoms with E-state index in [9.17, 15) is 9.18 Å². The average molecular weight is 518 g/mol. The van der Waals surface area contributed by atoms with E-state index >= 15 is 0 Å². The van der Waals surface area contributed by atoms with E-state index < -0.39 is 0 Å². The number of urea groups is 1. The molecule has 0 atom stereocenters. The van der Waals surface area contributed by atoms with Crippen LogP contribution in [0.4, 0.5) is 15.0 Å². The van der Waals surface area contributed by atoms with Gasteiger partial charge < -0.3 is 16.0 Å². The first-order valence-electron chi connectivity index (χ1n) is 9.80. The number of carbonyl (C=O) groups excluding carboxylic acids is 1. The number of amides is 2. The number of hydrogen-bond acceptors (Lipinski definition) is 4. The van der Waals surface area contributed by atoms with E-state index in [0.29, 0.717) is 40.8 Å². The molecule has 2 heterocycles. The van der Waals surface area contributed by atoms with Gasteiger partial charge in [-0.25, -0.2) is 14.2 Å². The van der Waals surface area contributed by atoms with Crippen LogP contribution in [0.25, 0.3) is 16.9 Å². The Balaban J connectivity index is 1.39. The molecule has 0 unspecified atom stereocenters. The summed E-state index contributed by atoms with van der Waals surface area (Å²) in [7, 11) is 0. The summed E-state index contributed by atoms with van der Waals surface area (Å²) in [6, 6.07) is 15.1. The van der Waals surface area contributed by atoms with Crippen molar-refractivity contribution in [1.82, 2.24) is 25.2 Å². The van der Waals surface area contributed by atoms with Crippen LogP contribution in [-0.2, 0) is 6.54 Å². The Labute approximate surface area is 197 Å². The molecule has 2 aromatic heterocycles. The lowest BCUT2D eigenvalue weighted by Gasteiger charge is -2.12. The zero-order chi connectivity index (χ0) is 22.5. The van der Waals surface area contributed by atoms with Gasteiger partial charge in [0.1, 0.15) is 11.6 Å². The van der Waals surface area contributed by atoms with Gasteiger partial charge in [0.2, 0.25) is 0 Å². The highest BCUT2D eigenvalue weighted by Gasteiger charge is 2.13. The molecule has 0 radical (unpaired) electrons. The lowest BCUT2D eigenvalue weighted by Crippen LogP contribution is -2.37. The molecule has 0 saturated carbocycles. The molecule has 0 aliphatic heterocycles. The number of nitrogens with zero attached hydrogens (tertiary/aromatic N) is 3. The van der Waals surface area contributed by atoms with E-state index in [1.165, 1.54) is 12.1 Å². The third-order valence-electron chi connectivity index (χ3n) is 4.64. The van der Waals surface area contributed by atoms with E-state index in [2.05, 4.69) is 42.0 Å². The second-order valence-corrected chi connectivity index (χ2v) is 8.16. The van der Waals surface area contributed by atoms with Gasteiger partial charge in [-0.2, -0.15) is 9.61 Å². The van der Waals surface area contributed by atoms with Crippen molar-refractivity contribution in [3.63, 3.8) is 0 Å². The Morgan fingerprint density at radius 2 is 1.94 bits per heavy atom. The van der Waals surface area contributed by atoms with Crippen LogP contribution < -0.4 is 16.0 Å². The predicted molar refractivity (Wildman–Crippen MR) is 126 cm³/mol. The van der Waals surface area contributed by atoms with Crippen molar-refractivity contribution in [2.45, 2.75) is 6.54 Å². The first-order valence-corrected chi connectivity index (χ1v) is 11.0. The Kier molecular flexibility index (Phi) is 6.87. The molecule has 0 spiro atoms. The maximum absolute atomic E-state index is 13.2. The summed E-state index contributed by atoms with van der Waals surface area (Å²) in [4.78, 5) is 16.7. The Bertz CT molecular complexity index is 1260. The Morgan fingerprint density at radius 3 is 2.75 bits per heavy atom. The summed E-state index contributed by atoms with van der Waals surface area (Å²) in [5.41, 5.74) is 2.84. The molecule has 4 aromatic rings.